The van der Waals surface area contributed by atoms with Crippen LogP contribution in [0.2, 0.25) is 0 Å². The number of carbonyl (C=O) groups excluding carboxylic acids is 1. The summed E-state index contributed by atoms with van der Waals surface area (Å²) >= 11 is 0. The Hall–Kier alpha value is -0.530. The largest absolute Gasteiger partial charge is 0.342 e. The summed E-state index contributed by atoms with van der Waals surface area (Å²) in [5.41, 5.74) is 0. The van der Waals surface area contributed by atoms with E-state index in [1.807, 2.05) is 4.90 Å². The van der Waals surface area contributed by atoms with Gasteiger partial charge in [-0.3, -0.25) is 4.79 Å². The van der Waals surface area contributed by atoms with Gasteiger partial charge in [0.2, 0.25) is 5.91 Å². The lowest BCUT2D eigenvalue weighted by molar-refractivity contribution is -0.143. The lowest BCUT2D eigenvalue weighted by atomic mass is 9.78. The van der Waals surface area contributed by atoms with Crippen molar-refractivity contribution >= 4 is 5.91 Å². The van der Waals surface area contributed by atoms with E-state index in [4.69, 9.17) is 0 Å². The van der Waals surface area contributed by atoms with Crippen LogP contribution in [0.3, 0.4) is 0 Å². The van der Waals surface area contributed by atoms with Gasteiger partial charge in [-0.15, -0.1) is 0 Å². The second-order valence-electron chi connectivity index (χ2n) is 5.10. The SMILES string of the molecule is CCN1C[C@@H](C)[C@H]2CC[C@H](C)[C@H]2C1=O. The van der Waals surface area contributed by atoms with Gasteiger partial charge in [-0.05, 0) is 37.5 Å². The van der Waals surface area contributed by atoms with Crippen molar-refractivity contribution in [3.05, 3.63) is 0 Å². The molecule has 2 aliphatic rings. The molecule has 0 N–H and O–H groups in total. The van der Waals surface area contributed by atoms with Crippen LogP contribution in [0.15, 0.2) is 0 Å². The molecule has 2 rings (SSSR count). The van der Waals surface area contributed by atoms with Gasteiger partial charge in [-0.2, -0.15) is 0 Å². The first-order chi connectivity index (χ1) is 6.65. The number of hydrogen-bond acceptors (Lipinski definition) is 1. The van der Waals surface area contributed by atoms with Crippen molar-refractivity contribution in [2.24, 2.45) is 23.7 Å². The number of carbonyl (C=O) groups is 1. The second kappa shape index (κ2) is 3.56. The van der Waals surface area contributed by atoms with E-state index < -0.39 is 0 Å². The van der Waals surface area contributed by atoms with Crippen molar-refractivity contribution < 1.29 is 4.79 Å². The quantitative estimate of drug-likeness (QED) is 0.628. The van der Waals surface area contributed by atoms with Crippen LogP contribution < -0.4 is 0 Å². The molecule has 0 aromatic carbocycles. The molecule has 2 nitrogen and oxygen atoms in total. The molecule has 0 aromatic heterocycles. The third-order valence-corrected chi connectivity index (χ3v) is 4.25. The first-order valence-corrected chi connectivity index (χ1v) is 5.94. The van der Waals surface area contributed by atoms with E-state index >= 15 is 0 Å². The lowest BCUT2D eigenvalue weighted by Gasteiger charge is -2.39. The van der Waals surface area contributed by atoms with E-state index in [0.717, 1.165) is 13.1 Å². The fourth-order valence-electron chi connectivity index (χ4n) is 3.37. The zero-order chi connectivity index (χ0) is 10.3. The number of likely N-dealkylation sites (tertiary alicyclic amines) is 1. The smallest absolute Gasteiger partial charge is 0.226 e. The molecule has 1 amide bonds. The molecule has 2 fully saturated rings. The topological polar surface area (TPSA) is 20.3 Å². The van der Waals surface area contributed by atoms with Crippen LogP contribution in [-0.2, 0) is 4.79 Å². The normalized spacial score (nSPS) is 42.8. The minimum Gasteiger partial charge on any atom is -0.342 e. The van der Waals surface area contributed by atoms with Crippen LogP contribution in [0.1, 0.15) is 33.6 Å². The highest BCUT2D eigenvalue weighted by molar-refractivity contribution is 5.80. The van der Waals surface area contributed by atoms with Crippen LogP contribution in [0.25, 0.3) is 0 Å². The molecule has 1 saturated heterocycles. The van der Waals surface area contributed by atoms with E-state index in [9.17, 15) is 4.79 Å². The molecule has 1 aliphatic heterocycles. The minimum absolute atomic E-state index is 0.346. The average Bonchev–Trinajstić information content (AvgIpc) is 2.54. The first kappa shape index (κ1) is 10.0. The third kappa shape index (κ3) is 1.35. The van der Waals surface area contributed by atoms with Crippen molar-refractivity contribution in [2.45, 2.75) is 33.6 Å². The maximum Gasteiger partial charge on any atom is 0.226 e. The molecule has 1 heterocycles. The highest BCUT2D eigenvalue weighted by Gasteiger charge is 2.46. The van der Waals surface area contributed by atoms with Gasteiger partial charge in [-0.25, -0.2) is 0 Å². The molecular formula is C12H21NO. The van der Waals surface area contributed by atoms with Crippen molar-refractivity contribution in [1.82, 2.24) is 4.90 Å². The Balaban J connectivity index is 2.20. The summed E-state index contributed by atoms with van der Waals surface area (Å²) in [6.07, 6.45) is 2.53. The fourth-order valence-corrected chi connectivity index (χ4v) is 3.37. The maximum absolute atomic E-state index is 12.1. The maximum atomic E-state index is 12.1. The lowest BCUT2D eigenvalue weighted by Crippen LogP contribution is -2.49. The average molecular weight is 195 g/mol. The summed E-state index contributed by atoms with van der Waals surface area (Å²) in [6.45, 7) is 8.52. The molecule has 0 spiro atoms. The Morgan fingerprint density at radius 2 is 2.00 bits per heavy atom. The van der Waals surface area contributed by atoms with Gasteiger partial charge >= 0.3 is 0 Å². The van der Waals surface area contributed by atoms with Gasteiger partial charge < -0.3 is 4.90 Å². The molecule has 2 heteroatoms. The van der Waals surface area contributed by atoms with Gasteiger partial charge in [0.1, 0.15) is 0 Å². The summed E-state index contributed by atoms with van der Waals surface area (Å²) < 4.78 is 0. The molecule has 1 aliphatic carbocycles. The van der Waals surface area contributed by atoms with E-state index in [1.54, 1.807) is 0 Å². The number of rotatable bonds is 1. The summed E-state index contributed by atoms with van der Waals surface area (Å²) in [7, 11) is 0. The number of fused-ring (bicyclic) bond motifs is 1. The number of piperidine rings is 1. The molecule has 0 radical (unpaired) electrons. The predicted octanol–water partition coefficient (Wildman–Crippen LogP) is 2.15. The van der Waals surface area contributed by atoms with Crippen LogP contribution in [-0.4, -0.2) is 23.9 Å². The summed E-state index contributed by atoms with van der Waals surface area (Å²) in [5, 5.41) is 0. The van der Waals surface area contributed by atoms with Gasteiger partial charge in [0.25, 0.3) is 0 Å². The van der Waals surface area contributed by atoms with E-state index in [2.05, 4.69) is 20.8 Å². The van der Waals surface area contributed by atoms with Crippen molar-refractivity contribution in [2.75, 3.05) is 13.1 Å². The molecule has 4 atom stereocenters. The molecular weight excluding hydrogens is 174 g/mol. The Morgan fingerprint density at radius 1 is 1.29 bits per heavy atom. The minimum atomic E-state index is 0.346. The second-order valence-corrected chi connectivity index (χ2v) is 5.10. The van der Waals surface area contributed by atoms with Crippen molar-refractivity contribution in [1.29, 1.82) is 0 Å². The summed E-state index contributed by atoms with van der Waals surface area (Å²) in [5.74, 6) is 2.78. The van der Waals surface area contributed by atoms with Crippen molar-refractivity contribution in [3.63, 3.8) is 0 Å². The van der Waals surface area contributed by atoms with Gasteiger partial charge in [0.05, 0.1) is 0 Å². The molecule has 14 heavy (non-hydrogen) atoms. The van der Waals surface area contributed by atoms with Gasteiger partial charge in [-0.1, -0.05) is 13.8 Å². The Bertz CT molecular complexity index is 238. The highest BCUT2D eigenvalue weighted by atomic mass is 16.2. The van der Waals surface area contributed by atoms with Gasteiger partial charge in [0.15, 0.2) is 0 Å². The Morgan fingerprint density at radius 3 is 2.64 bits per heavy atom. The molecule has 80 valence electrons. The van der Waals surface area contributed by atoms with Crippen LogP contribution >= 0.6 is 0 Å². The first-order valence-electron chi connectivity index (χ1n) is 5.94. The zero-order valence-corrected chi connectivity index (χ0v) is 9.49. The number of nitrogens with zero attached hydrogens (tertiary/aromatic N) is 1. The third-order valence-electron chi connectivity index (χ3n) is 4.25. The summed E-state index contributed by atoms with van der Waals surface area (Å²) in [4.78, 5) is 14.2. The zero-order valence-electron chi connectivity index (χ0n) is 9.49. The molecule has 0 unspecified atom stereocenters. The molecule has 0 bridgehead atoms. The van der Waals surface area contributed by atoms with Crippen molar-refractivity contribution in [3.8, 4) is 0 Å². The molecule has 1 saturated carbocycles. The number of amides is 1. The van der Waals surface area contributed by atoms with E-state index in [1.165, 1.54) is 12.8 Å². The number of hydrogen-bond donors (Lipinski definition) is 0. The van der Waals surface area contributed by atoms with E-state index in [-0.39, 0.29) is 0 Å². The highest BCUT2D eigenvalue weighted by Crippen LogP contribution is 2.44. The monoisotopic (exact) mass is 195 g/mol. The van der Waals surface area contributed by atoms with Crippen LogP contribution in [0.5, 0.6) is 0 Å². The Kier molecular flexibility index (Phi) is 2.54. The van der Waals surface area contributed by atoms with Gasteiger partial charge in [0, 0.05) is 19.0 Å². The van der Waals surface area contributed by atoms with Crippen LogP contribution in [0, 0.1) is 23.7 Å². The van der Waals surface area contributed by atoms with Crippen LogP contribution in [0.4, 0.5) is 0 Å². The predicted molar refractivity (Wildman–Crippen MR) is 56.8 cm³/mol. The standard InChI is InChI=1S/C12H21NO/c1-4-13-7-9(3)10-6-5-8(2)11(10)12(13)14/h8-11H,4-7H2,1-3H3/t8-,9+,10+,11+/m0/s1. The fraction of sp³-hybridized carbons (Fsp3) is 0.917. The van der Waals surface area contributed by atoms with E-state index in [0.29, 0.717) is 29.6 Å². The summed E-state index contributed by atoms with van der Waals surface area (Å²) in [6, 6.07) is 0. The molecule has 0 aromatic rings. The Labute approximate surface area is 86.7 Å².